The Morgan fingerprint density at radius 3 is 2.59 bits per heavy atom. The van der Waals surface area contributed by atoms with Crippen LogP contribution in [0.25, 0.3) is 0 Å². The van der Waals surface area contributed by atoms with Gasteiger partial charge in [-0.25, -0.2) is 4.98 Å². The molecule has 0 aliphatic carbocycles. The Labute approximate surface area is 131 Å². The van der Waals surface area contributed by atoms with E-state index in [9.17, 15) is 9.59 Å². The van der Waals surface area contributed by atoms with Crippen molar-refractivity contribution in [1.29, 1.82) is 0 Å². The van der Waals surface area contributed by atoms with Gasteiger partial charge >= 0.3 is 0 Å². The third-order valence-corrected chi connectivity index (χ3v) is 4.13. The summed E-state index contributed by atoms with van der Waals surface area (Å²) in [6, 6.07) is 0. The van der Waals surface area contributed by atoms with Crippen LogP contribution in [0.15, 0.2) is 12.4 Å². The van der Waals surface area contributed by atoms with E-state index in [1.54, 1.807) is 37.0 Å². The Balaban J connectivity index is 2.13. The van der Waals surface area contributed by atoms with Gasteiger partial charge in [-0.15, -0.1) is 0 Å². The lowest BCUT2D eigenvalue weighted by Gasteiger charge is -2.25. The third-order valence-electron chi connectivity index (χ3n) is 4.13. The molecule has 0 unspecified atom stereocenters. The van der Waals surface area contributed by atoms with Crippen LogP contribution in [0, 0.1) is 5.92 Å². The number of amides is 2. The lowest BCUT2D eigenvalue weighted by molar-refractivity contribution is -0.135. The Hall–Kier alpha value is -1.89. The molecule has 0 radical (unpaired) electrons. The quantitative estimate of drug-likeness (QED) is 0.775. The monoisotopic (exact) mass is 307 g/mol. The van der Waals surface area contributed by atoms with Crippen LogP contribution < -0.4 is 0 Å². The lowest BCUT2D eigenvalue weighted by atomic mass is 10.1. The molecular formula is C15H25N5O2. The summed E-state index contributed by atoms with van der Waals surface area (Å²) in [5.74, 6) is 0.863. The van der Waals surface area contributed by atoms with Gasteiger partial charge in [0.2, 0.25) is 11.8 Å². The summed E-state index contributed by atoms with van der Waals surface area (Å²) in [6.45, 7) is 4.79. The molecule has 7 nitrogen and oxygen atoms in total. The Morgan fingerprint density at radius 1 is 1.32 bits per heavy atom. The maximum absolute atomic E-state index is 12.4. The molecule has 2 amide bonds. The highest BCUT2D eigenvalue weighted by atomic mass is 16.2. The van der Waals surface area contributed by atoms with Gasteiger partial charge in [-0.05, 0) is 0 Å². The SMILES string of the molecule is CC(=O)N1CCN(Cc2nccn2C)C[C@@H](C(=O)N(C)C)C1. The van der Waals surface area contributed by atoms with E-state index in [4.69, 9.17) is 0 Å². The summed E-state index contributed by atoms with van der Waals surface area (Å²) in [7, 11) is 5.48. The number of hydrogen-bond donors (Lipinski definition) is 0. The summed E-state index contributed by atoms with van der Waals surface area (Å²) >= 11 is 0. The van der Waals surface area contributed by atoms with Crippen molar-refractivity contribution >= 4 is 11.8 Å². The van der Waals surface area contributed by atoms with Crippen LogP contribution in [-0.4, -0.2) is 76.3 Å². The van der Waals surface area contributed by atoms with E-state index in [0.717, 1.165) is 12.4 Å². The standard InChI is InChI=1S/C15H25N5O2/c1-12(21)20-8-7-19(11-14-16-5-6-18(14)4)9-13(10-20)15(22)17(2)3/h5-6,13H,7-11H2,1-4H3/t13-/m1/s1. The van der Waals surface area contributed by atoms with Crippen LogP contribution in [0.2, 0.25) is 0 Å². The Kier molecular flexibility index (Phi) is 5.18. The number of aromatic nitrogens is 2. The van der Waals surface area contributed by atoms with Crippen LogP contribution in [0.5, 0.6) is 0 Å². The van der Waals surface area contributed by atoms with Crippen LogP contribution in [-0.2, 0) is 23.2 Å². The molecule has 0 bridgehead atoms. The first-order chi connectivity index (χ1) is 10.4. The van der Waals surface area contributed by atoms with Gasteiger partial charge in [0.1, 0.15) is 5.82 Å². The van der Waals surface area contributed by atoms with Crippen molar-refractivity contribution in [2.75, 3.05) is 40.3 Å². The van der Waals surface area contributed by atoms with Crippen molar-refractivity contribution in [2.24, 2.45) is 13.0 Å². The molecule has 22 heavy (non-hydrogen) atoms. The molecule has 0 saturated carbocycles. The highest BCUT2D eigenvalue weighted by molar-refractivity contribution is 5.80. The molecule has 122 valence electrons. The molecule has 0 aromatic carbocycles. The molecule has 1 atom stereocenters. The number of rotatable bonds is 3. The smallest absolute Gasteiger partial charge is 0.228 e. The highest BCUT2D eigenvalue weighted by Crippen LogP contribution is 2.14. The zero-order chi connectivity index (χ0) is 16.3. The molecule has 2 heterocycles. The van der Waals surface area contributed by atoms with E-state index < -0.39 is 0 Å². The highest BCUT2D eigenvalue weighted by Gasteiger charge is 2.30. The summed E-state index contributed by atoms with van der Waals surface area (Å²) in [5.41, 5.74) is 0. The van der Waals surface area contributed by atoms with E-state index in [0.29, 0.717) is 26.2 Å². The van der Waals surface area contributed by atoms with Gasteiger partial charge in [0.05, 0.1) is 12.5 Å². The van der Waals surface area contributed by atoms with Gasteiger partial charge in [0.25, 0.3) is 0 Å². The fraction of sp³-hybridized carbons (Fsp3) is 0.667. The zero-order valence-corrected chi connectivity index (χ0v) is 13.8. The first kappa shape index (κ1) is 16.5. The van der Waals surface area contributed by atoms with Gasteiger partial charge in [-0.2, -0.15) is 0 Å². The van der Waals surface area contributed by atoms with Gasteiger partial charge in [0.15, 0.2) is 0 Å². The van der Waals surface area contributed by atoms with Crippen molar-refractivity contribution in [2.45, 2.75) is 13.5 Å². The van der Waals surface area contributed by atoms with Crippen LogP contribution in [0.1, 0.15) is 12.7 Å². The molecule has 0 N–H and O–H groups in total. The van der Waals surface area contributed by atoms with Crippen LogP contribution >= 0.6 is 0 Å². The van der Waals surface area contributed by atoms with E-state index in [-0.39, 0.29) is 17.7 Å². The third kappa shape index (κ3) is 3.85. The van der Waals surface area contributed by atoms with Crippen molar-refractivity contribution < 1.29 is 9.59 Å². The fourth-order valence-corrected chi connectivity index (χ4v) is 2.78. The maximum atomic E-state index is 12.4. The minimum Gasteiger partial charge on any atom is -0.348 e. The minimum atomic E-state index is -0.193. The number of nitrogens with zero attached hydrogens (tertiary/aromatic N) is 5. The molecule has 0 spiro atoms. The largest absolute Gasteiger partial charge is 0.348 e. The van der Waals surface area contributed by atoms with E-state index in [1.807, 2.05) is 17.8 Å². The summed E-state index contributed by atoms with van der Waals surface area (Å²) in [6.07, 6.45) is 3.69. The topological polar surface area (TPSA) is 61.7 Å². The van der Waals surface area contributed by atoms with Gasteiger partial charge in [0, 0.05) is 66.6 Å². The molecule has 7 heteroatoms. The summed E-state index contributed by atoms with van der Waals surface area (Å²) in [5, 5.41) is 0. The second-order valence-corrected chi connectivity index (χ2v) is 6.08. The molecule has 2 rings (SSSR count). The minimum absolute atomic E-state index is 0.0235. The van der Waals surface area contributed by atoms with Crippen molar-refractivity contribution in [3.63, 3.8) is 0 Å². The Morgan fingerprint density at radius 2 is 2.05 bits per heavy atom. The molecule has 1 aliphatic heterocycles. The van der Waals surface area contributed by atoms with E-state index in [1.165, 1.54) is 0 Å². The number of hydrogen-bond acceptors (Lipinski definition) is 4. The van der Waals surface area contributed by atoms with E-state index in [2.05, 4.69) is 9.88 Å². The normalized spacial score (nSPS) is 19.8. The average Bonchev–Trinajstić information content (AvgIpc) is 2.74. The van der Waals surface area contributed by atoms with Gasteiger partial charge < -0.3 is 14.4 Å². The zero-order valence-electron chi connectivity index (χ0n) is 13.8. The molecule has 1 aromatic heterocycles. The first-order valence-electron chi connectivity index (χ1n) is 7.53. The molecule has 1 fully saturated rings. The summed E-state index contributed by atoms with van der Waals surface area (Å²) < 4.78 is 1.98. The maximum Gasteiger partial charge on any atom is 0.228 e. The molecular weight excluding hydrogens is 282 g/mol. The number of imidazole rings is 1. The number of carbonyl (C=O) groups excluding carboxylic acids is 2. The van der Waals surface area contributed by atoms with Crippen LogP contribution in [0.3, 0.4) is 0 Å². The van der Waals surface area contributed by atoms with Crippen molar-refractivity contribution in [3.8, 4) is 0 Å². The second-order valence-electron chi connectivity index (χ2n) is 6.08. The second kappa shape index (κ2) is 6.91. The predicted molar refractivity (Wildman–Crippen MR) is 82.9 cm³/mol. The van der Waals surface area contributed by atoms with Gasteiger partial charge in [-0.1, -0.05) is 0 Å². The predicted octanol–water partition coefficient (Wildman–Crippen LogP) is -0.211. The number of aryl methyl sites for hydroxylation is 1. The summed E-state index contributed by atoms with van der Waals surface area (Å²) in [4.78, 5) is 34.0. The van der Waals surface area contributed by atoms with Gasteiger partial charge in [-0.3, -0.25) is 14.5 Å². The molecule has 1 aliphatic rings. The lowest BCUT2D eigenvalue weighted by Crippen LogP contribution is -2.41. The Bertz CT molecular complexity index is 540. The first-order valence-corrected chi connectivity index (χ1v) is 7.53. The van der Waals surface area contributed by atoms with Crippen molar-refractivity contribution in [3.05, 3.63) is 18.2 Å². The fourth-order valence-electron chi connectivity index (χ4n) is 2.78. The van der Waals surface area contributed by atoms with Crippen molar-refractivity contribution in [1.82, 2.24) is 24.3 Å². The number of carbonyl (C=O) groups is 2. The molecule has 1 aromatic rings. The average molecular weight is 307 g/mol. The van der Waals surface area contributed by atoms with Crippen LogP contribution in [0.4, 0.5) is 0 Å². The molecule has 1 saturated heterocycles. The van der Waals surface area contributed by atoms with E-state index >= 15 is 0 Å².